The average molecular weight is 335 g/mol. The molecule has 2 heterocycles. The third-order valence-corrected chi connectivity index (χ3v) is 3.88. The quantitative estimate of drug-likeness (QED) is 0.461. The minimum Gasteiger partial charge on any atom is -0.618 e. The van der Waals surface area contributed by atoms with E-state index >= 15 is 0 Å². The van der Waals surface area contributed by atoms with Crippen LogP contribution in [0.3, 0.4) is 0 Å². The first-order valence-corrected chi connectivity index (χ1v) is 7.40. The van der Waals surface area contributed by atoms with Crippen LogP contribution >= 0.6 is 15.9 Å². The number of allylic oxidation sites excluding steroid dienone is 4. The highest BCUT2D eigenvalue weighted by atomic mass is 79.9. The Morgan fingerprint density at radius 2 is 2.05 bits per heavy atom. The van der Waals surface area contributed by atoms with Gasteiger partial charge in [0.1, 0.15) is 5.52 Å². The number of nitrogens with zero attached hydrogens (tertiary/aromatic N) is 2. The Morgan fingerprint density at radius 1 is 1.35 bits per heavy atom. The van der Waals surface area contributed by atoms with Gasteiger partial charge in [-0.25, -0.2) is 0 Å². The van der Waals surface area contributed by atoms with E-state index in [4.69, 9.17) is 0 Å². The predicted octanol–water partition coefficient (Wildman–Crippen LogP) is 4.51. The molecule has 0 N–H and O–H groups in total. The molecule has 1 atom stereocenters. The number of pyridine rings is 1. The molecule has 0 saturated carbocycles. The zero-order valence-electron chi connectivity index (χ0n) is 12.2. The van der Waals surface area contributed by atoms with Crippen LogP contribution in [-0.4, -0.2) is 4.57 Å². The van der Waals surface area contributed by atoms with Crippen molar-refractivity contribution in [1.82, 2.24) is 4.57 Å². The molecule has 106 valence electrons. The molecule has 0 aliphatic carbocycles. The standard InChI is InChI=1S/C16H19BrN2O/c1-11(2)5-6-12(3)13(4)18-8-7-15-16(18)9-14(17)10-19(15)20/h5-10,13H,1-4H3. The fourth-order valence-corrected chi connectivity index (χ4v) is 2.53. The summed E-state index contributed by atoms with van der Waals surface area (Å²) >= 11 is 3.38. The molecular weight excluding hydrogens is 316 g/mol. The minimum atomic E-state index is 0.206. The average Bonchev–Trinajstić information content (AvgIpc) is 2.78. The van der Waals surface area contributed by atoms with Gasteiger partial charge in [0, 0.05) is 12.3 Å². The van der Waals surface area contributed by atoms with Crippen molar-refractivity contribution in [2.75, 3.05) is 0 Å². The Labute approximate surface area is 127 Å². The molecule has 20 heavy (non-hydrogen) atoms. The second-order valence-corrected chi connectivity index (χ2v) is 6.22. The van der Waals surface area contributed by atoms with Gasteiger partial charge in [0.2, 0.25) is 5.52 Å². The highest BCUT2D eigenvalue weighted by Gasteiger charge is 2.15. The molecular formula is C16H19BrN2O. The Morgan fingerprint density at radius 3 is 2.70 bits per heavy atom. The predicted molar refractivity (Wildman–Crippen MR) is 86.5 cm³/mol. The van der Waals surface area contributed by atoms with Crippen LogP contribution in [0.25, 0.3) is 11.0 Å². The Balaban J connectivity index is 2.48. The molecule has 2 aromatic heterocycles. The third-order valence-electron chi connectivity index (χ3n) is 3.44. The Kier molecular flexibility index (Phi) is 4.33. The molecule has 0 spiro atoms. The van der Waals surface area contributed by atoms with Crippen LogP contribution in [0, 0.1) is 5.21 Å². The second kappa shape index (κ2) is 5.83. The fraction of sp³-hybridized carbons (Fsp3) is 0.312. The molecule has 0 aliphatic heterocycles. The van der Waals surface area contributed by atoms with Gasteiger partial charge in [0.25, 0.3) is 0 Å². The minimum absolute atomic E-state index is 0.206. The summed E-state index contributed by atoms with van der Waals surface area (Å²) in [5.74, 6) is 0. The normalized spacial score (nSPS) is 13.6. The van der Waals surface area contributed by atoms with Crippen LogP contribution in [0.1, 0.15) is 33.7 Å². The first-order valence-electron chi connectivity index (χ1n) is 6.61. The lowest BCUT2D eigenvalue weighted by Crippen LogP contribution is -2.26. The lowest BCUT2D eigenvalue weighted by atomic mass is 10.1. The highest BCUT2D eigenvalue weighted by molar-refractivity contribution is 9.10. The zero-order chi connectivity index (χ0) is 14.9. The summed E-state index contributed by atoms with van der Waals surface area (Å²) in [6, 6.07) is 4.05. The van der Waals surface area contributed by atoms with Crippen molar-refractivity contribution in [3.63, 3.8) is 0 Å². The first kappa shape index (κ1) is 14.9. The number of fused-ring (bicyclic) bond motifs is 1. The molecule has 0 amide bonds. The second-order valence-electron chi connectivity index (χ2n) is 5.31. The zero-order valence-corrected chi connectivity index (χ0v) is 13.8. The molecule has 0 saturated heterocycles. The summed E-state index contributed by atoms with van der Waals surface area (Å²) in [6.07, 6.45) is 7.75. The van der Waals surface area contributed by atoms with Gasteiger partial charge in [-0.3, -0.25) is 0 Å². The number of halogens is 1. The van der Waals surface area contributed by atoms with E-state index in [2.05, 4.69) is 60.3 Å². The van der Waals surface area contributed by atoms with Crippen molar-refractivity contribution >= 4 is 27.0 Å². The van der Waals surface area contributed by atoms with Gasteiger partial charge in [-0.2, -0.15) is 4.73 Å². The van der Waals surface area contributed by atoms with Crippen LogP contribution in [-0.2, 0) is 0 Å². The smallest absolute Gasteiger partial charge is 0.241 e. The van der Waals surface area contributed by atoms with E-state index in [-0.39, 0.29) is 6.04 Å². The maximum Gasteiger partial charge on any atom is 0.241 e. The number of hydrogen-bond donors (Lipinski definition) is 0. The SMILES string of the molecule is CC(C)=CC=C(C)C(C)n1ccc2c1cc(Br)c[n+]2[O-]. The van der Waals surface area contributed by atoms with E-state index < -0.39 is 0 Å². The molecule has 0 radical (unpaired) electrons. The van der Waals surface area contributed by atoms with Gasteiger partial charge < -0.3 is 9.77 Å². The molecule has 0 fully saturated rings. The number of rotatable bonds is 3. The van der Waals surface area contributed by atoms with Crippen LogP contribution in [0.4, 0.5) is 0 Å². The summed E-state index contributed by atoms with van der Waals surface area (Å²) in [4.78, 5) is 0. The van der Waals surface area contributed by atoms with Crippen LogP contribution in [0.5, 0.6) is 0 Å². The van der Waals surface area contributed by atoms with Gasteiger partial charge in [0.05, 0.1) is 10.5 Å². The van der Waals surface area contributed by atoms with Gasteiger partial charge in [0.15, 0.2) is 6.20 Å². The van der Waals surface area contributed by atoms with Crippen molar-refractivity contribution < 1.29 is 4.73 Å². The summed E-state index contributed by atoms with van der Waals surface area (Å²) in [5, 5.41) is 11.9. The number of hydrogen-bond acceptors (Lipinski definition) is 1. The van der Waals surface area contributed by atoms with Crippen LogP contribution in [0.2, 0.25) is 0 Å². The highest BCUT2D eigenvalue weighted by Crippen LogP contribution is 2.25. The van der Waals surface area contributed by atoms with Gasteiger partial charge in [-0.1, -0.05) is 23.3 Å². The van der Waals surface area contributed by atoms with Crippen molar-refractivity contribution in [1.29, 1.82) is 0 Å². The van der Waals surface area contributed by atoms with E-state index in [0.29, 0.717) is 5.52 Å². The molecule has 0 aromatic carbocycles. The molecule has 0 bridgehead atoms. The Bertz CT molecular complexity index is 694. The fourth-order valence-electron chi connectivity index (χ4n) is 2.13. The first-order chi connectivity index (χ1) is 9.40. The summed E-state index contributed by atoms with van der Waals surface area (Å²) in [7, 11) is 0. The lowest BCUT2D eigenvalue weighted by Gasteiger charge is -2.15. The molecule has 3 nitrogen and oxygen atoms in total. The Hall–Kier alpha value is -1.55. The summed E-state index contributed by atoms with van der Waals surface area (Å²) in [5.41, 5.74) is 4.15. The van der Waals surface area contributed by atoms with Gasteiger partial charge >= 0.3 is 0 Å². The lowest BCUT2D eigenvalue weighted by molar-refractivity contribution is -0.577. The summed E-state index contributed by atoms with van der Waals surface area (Å²) in [6.45, 7) is 8.41. The van der Waals surface area contributed by atoms with Crippen LogP contribution in [0.15, 0.2) is 52.3 Å². The molecule has 2 rings (SSSR count). The third kappa shape index (κ3) is 2.96. The van der Waals surface area contributed by atoms with Crippen molar-refractivity contribution in [3.05, 3.63) is 57.5 Å². The largest absolute Gasteiger partial charge is 0.618 e. The summed E-state index contributed by atoms with van der Waals surface area (Å²) < 4.78 is 3.81. The van der Waals surface area contributed by atoms with Crippen LogP contribution < -0.4 is 4.73 Å². The van der Waals surface area contributed by atoms with E-state index in [9.17, 15) is 5.21 Å². The maximum atomic E-state index is 11.9. The topological polar surface area (TPSA) is 31.9 Å². The van der Waals surface area contributed by atoms with Crippen molar-refractivity contribution in [2.45, 2.75) is 33.7 Å². The van der Waals surface area contributed by atoms with E-state index in [1.54, 1.807) is 0 Å². The van der Waals surface area contributed by atoms with Crippen molar-refractivity contribution in [2.24, 2.45) is 0 Å². The maximum absolute atomic E-state index is 11.9. The molecule has 1 unspecified atom stereocenters. The van der Waals surface area contributed by atoms with E-state index in [0.717, 1.165) is 14.7 Å². The number of aromatic nitrogens is 2. The van der Waals surface area contributed by atoms with E-state index in [1.165, 1.54) is 17.3 Å². The van der Waals surface area contributed by atoms with Gasteiger partial charge in [-0.15, -0.1) is 0 Å². The molecule has 0 aliphatic rings. The van der Waals surface area contributed by atoms with Crippen molar-refractivity contribution in [3.8, 4) is 0 Å². The molecule has 2 aromatic rings. The monoisotopic (exact) mass is 334 g/mol. The molecule has 4 heteroatoms. The van der Waals surface area contributed by atoms with E-state index in [1.807, 2.05) is 18.3 Å². The van der Waals surface area contributed by atoms with Gasteiger partial charge in [-0.05, 0) is 49.7 Å².